The van der Waals surface area contributed by atoms with Crippen molar-refractivity contribution in [2.75, 3.05) is 23.3 Å². The third kappa shape index (κ3) is 3.08. The summed E-state index contributed by atoms with van der Waals surface area (Å²) in [7, 11) is 0. The number of anilines is 2. The van der Waals surface area contributed by atoms with E-state index in [9.17, 15) is 0 Å². The Labute approximate surface area is 103 Å². The Bertz CT molecular complexity index is 353. The van der Waals surface area contributed by atoms with Gasteiger partial charge in [-0.05, 0) is 38.7 Å². The summed E-state index contributed by atoms with van der Waals surface area (Å²) in [6, 6.07) is 2.61. The van der Waals surface area contributed by atoms with Crippen molar-refractivity contribution in [3.05, 3.63) is 12.3 Å². The number of rotatable bonds is 4. The van der Waals surface area contributed by atoms with E-state index in [2.05, 4.69) is 34.0 Å². The van der Waals surface area contributed by atoms with Crippen LogP contribution in [0.1, 0.15) is 39.5 Å². The highest BCUT2D eigenvalue weighted by molar-refractivity contribution is 5.43. The van der Waals surface area contributed by atoms with Crippen LogP contribution in [0.5, 0.6) is 0 Å². The van der Waals surface area contributed by atoms with Crippen LogP contribution < -0.4 is 10.2 Å². The maximum absolute atomic E-state index is 4.59. The molecule has 1 fully saturated rings. The molecule has 2 rings (SSSR count). The molecule has 1 aromatic rings. The Hall–Kier alpha value is -1.32. The highest BCUT2D eigenvalue weighted by Gasteiger charge is 2.19. The van der Waals surface area contributed by atoms with Gasteiger partial charge in [0.25, 0.3) is 0 Å². The zero-order valence-corrected chi connectivity index (χ0v) is 10.8. The topological polar surface area (TPSA) is 41.1 Å². The fourth-order valence-electron chi connectivity index (χ4n) is 2.27. The van der Waals surface area contributed by atoms with E-state index in [0.29, 0.717) is 6.04 Å². The molecule has 4 nitrogen and oxygen atoms in total. The van der Waals surface area contributed by atoms with Crippen molar-refractivity contribution >= 4 is 11.8 Å². The van der Waals surface area contributed by atoms with Gasteiger partial charge in [-0.1, -0.05) is 6.92 Å². The summed E-state index contributed by atoms with van der Waals surface area (Å²) >= 11 is 0. The van der Waals surface area contributed by atoms with Crippen molar-refractivity contribution < 1.29 is 0 Å². The lowest BCUT2D eigenvalue weighted by atomic mass is 10.0. The Morgan fingerprint density at radius 2 is 2.35 bits per heavy atom. The van der Waals surface area contributed by atoms with Crippen LogP contribution in [-0.2, 0) is 0 Å². The van der Waals surface area contributed by atoms with E-state index in [1.54, 1.807) is 0 Å². The van der Waals surface area contributed by atoms with Gasteiger partial charge in [0.2, 0.25) is 5.95 Å². The minimum atomic E-state index is 0.595. The van der Waals surface area contributed by atoms with E-state index < -0.39 is 0 Å². The van der Waals surface area contributed by atoms with Gasteiger partial charge in [-0.2, -0.15) is 4.98 Å². The van der Waals surface area contributed by atoms with Gasteiger partial charge in [-0.3, -0.25) is 0 Å². The molecule has 1 atom stereocenters. The average molecular weight is 234 g/mol. The summed E-state index contributed by atoms with van der Waals surface area (Å²) in [6.45, 7) is 6.47. The van der Waals surface area contributed by atoms with Crippen LogP contribution in [0.2, 0.25) is 0 Å². The lowest BCUT2D eigenvalue weighted by Crippen LogP contribution is -2.38. The molecule has 0 aliphatic carbocycles. The zero-order chi connectivity index (χ0) is 12.1. The Morgan fingerprint density at radius 3 is 3.12 bits per heavy atom. The third-order valence-electron chi connectivity index (χ3n) is 3.27. The maximum Gasteiger partial charge on any atom is 0.224 e. The monoisotopic (exact) mass is 234 g/mol. The second kappa shape index (κ2) is 5.84. The highest BCUT2D eigenvalue weighted by atomic mass is 15.2. The fourth-order valence-corrected chi connectivity index (χ4v) is 2.27. The first kappa shape index (κ1) is 12.1. The van der Waals surface area contributed by atoms with Gasteiger partial charge in [-0.15, -0.1) is 0 Å². The number of hydrogen-bond acceptors (Lipinski definition) is 4. The number of nitrogens with one attached hydrogen (secondary N) is 1. The molecule has 0 amide bonds. The van der Waals surface area contributed by atoms with E-state index in [4.69, 9.17) is 0 Å². The van der Waals surface area contributed by atoms with E-state index in [1.807, 2.05) is 12.3 Å². The smallest absolute Gasteiger partial charge is 0.224 e. The highest BCUT2D eigenvalue weighted by Crippen LogP contribution is 2.22. The number of aromatic nitrogens is 2. The summed E-state index contributed by atoms with van der Waals surface area (Å²) in [6.07, 6.45) is 6.81. The van der Waals surface area contributed by atoms with Gasteiger partial charge < -0.3 is 10.2 Å². The van der Waals surface area contributed by atoms with E-state index in [1.165, 1.54) is 19.3 Å². The number of nitrogens with zero attached hydrogens (tertiary/aromatic N) is 3. The lowest BCUT2D eigenvalue weighted by Gasteiger charge is -2.34. The first-order valence-corrected chi connectivity index (χ1v) is 6.65. The number of piperidine rings is 1. The van der Waals surface area contributed by atoms with Gasteiger partial charge in [0, 0.05) is 25.3 Å². The lowest BCUT2D eigenvalue weighted by molar-refractivity contribution is 0.481. The largest absolute Gasteiger partial charge is 0.354 e. The maximum atomic E-state index is 4.59. The summed E-state index contributed by atoms with van der Waals surface area (Å²) in [5.74, 6) is 1.81. The van der Waals surface area contributed by atoms with Crippen LogP contribution in [0.15, 0.2) is 12.3 Å². The molecule has 0 spiro atoms. The van der Waals surface area contributed by atoms with Gasteiger partial charge in [0.05, 0.1) is 0 Å². The SMILES string of the molecule is CCCNc1nccc(N2CCCCC2C)n1. The normalized spacial score (nSPS) is 20.4. The first-order valence-electron chi connectivity index (χ1n) is 6.65. The predicted molar refractivity (Wildman–Crippen MR) is 71.5 cm³/mol. The minimum absolute atomic E-state index is 0.595. The van der Waals surface area contributed by atoms with E-state index >= 15 is 0 Å². The summed E-state index contributed by atoms with van der Waals surface area (Å²) in [5, 5.41) is 3.24. The van der Waals surface area contributed by atoms with Gasteiger partial charge in [-0.25, -0.2) is 4.98 Å². The van der Waals surface area contributed by atoms with Crippen molar-refractivity contribution in [2.24, 2.45) is 0 Å². The quantitative estimate of drug-likeness (QED) is 0.869. The minimum Gasteiger partial charge on any atom is -0.354 e. The molecule has 0 bridgehead atoms. The summed E-state index contributed by atoms with van der Waals surface area (Å²) in [4.78, 5) is 11.2. The molecule has 17 heavy (non-hydrogen) atoms. The summed E-state index contributed by atoms with van der Waals surface area (Å²) in [5.41, 5.74) is 0. The second-order valence-electron chi connectivity index (χ2n) is 4.70. The summed E-state index contributed by atoms with van der Waals surface area (Å²) < 4.78 is 0. The average Bonchev–Trinajstić information content (AvgIpc) is 2.37. The fraction of sp³-hybridized carbons (Fsp3) is 0.692. The molecule has 0 saturated carbocycles. The van der Waals surface area contributed by atoms with Crippen molar-refractivity contribution in [3.63, 3.8) is 0 Å². The second-order valence-corrected chi connectivity index (χ2v) is 4.70. The van der Waals surface area contributed by atoms with Gasteiger partial charge >= 0.3 is 0 Å². The van der Waals surface area contributed by atoms with Crippen LogP contribution >= 0.6 is 0 Å². The van der Waals surface area contributed by atoms with Crippen molar-refractivity contribution in [3.8, 4) is 0 Å². The molecule has 1 aromatic heterocycles. The first-order chi connectivity index (χ1) is 8.31. The molecule has 2 heterocycles. The Kier molecular flexibility index (Phi) is 4.18. The van der Waals surface area contributed by atoms with E-state index in [0.717, 1.165) is 31.3 Å². The Balaban J connectivity index is 2.08. The molecule has 1 saturated heterocycles. The molecule has 94 valence electrons. The molecule has 0 aromatic carbocycles. The molecule has 1 aliphatic rings. The number of hydrogen-bond donors (Lipinski definition) is 1. The van der Waals surface area contributed by atoms with Crippen LogP contribution in [0.3, 0.4) is 0 Å². The molecule has 4 heteroatoms. The zero-order valence-electron chi connectivity index (χ0n) is 10.8. The van der Waals surface area contributed by atoms with Gasteiger partial charge in [0.15, 0.2) is 0 Å². The van der Waals surface area contributed by atoms with E-state index in [-0.39, 0.29) is 0 Å². The van der Waals surface area contributed by atoms with Crippen LogP contribution in [0.25, 0.3) is 0 Å². The van der Waals surface area contributed by atoms with Gasteiger partial charge in [0.1, 0.15) is 5.82 Å². The standard InChI is InChI=1S/C13H22N4/c1-3-8-14-13-15-9-7-12(16-13)17-10-5-4-6-11(17)2/h7,9,11H,3-6,8,10H2,1-2H3,(H,14,15,16). The molecule has 0 radical (unpaired) electrons. The van der Waals surface area contributed by atoms with Crippen molar-refractivity contribution in [2.45, 2.75) is 45.6 Å². The third-order valence-corrected chi connectivity index (χ3v) is 3.27. The molecule has 1 unspecified atom stereocenters. The Morgan fingerprint density at radius 1 is 1.47 bits per heavy atom. The molecular formula is C13H22N4. The van der Waals surface area contributed by atoms with Crippen LogP contribution in [-0.4, -0.2) is 29.1 Å². The predicted octanol–water partition coefficient (Wildman–Crippen LogP) is 2.68. The van der Waals surface area contributed by atoms with Crippen LogP contribution in [0.4, 0.5) is 11.8 Å². The van der Waals surface area contributed by atoms with Crippen molar-refractivity contribution in [1.29, 1.82) is 0 Å². The molecule has 1 aliphatic heterocycles. The van der Waals surface area contributed by atoms with Crippen molar-refractivity contribution in [1.82, 2.24) is 9.97 Å². The molecule has 1 N–H and O–H groups in total. The molecular weight excluding hydrogens is 212 g/mol. The van der Waals surface area contributed by atoms with Crippen LogP contribution in [0, 0.1) is 0 Å².